The third kappa shape index (κ3) is 1.82. The molecule has 0 radical (unpaired) electrons. The first-order chi connectivity index (χ1) is 7.43. The average Bonchev–Trinajstić information content (AvgIpc) is 2.25. The van der Waals surface area contributed by atoms with Gasteiger partial charge in [0.2, 0.25) is 0 Å². The third-order valence-corrected chi connectivity index (χ3v) is 4.29. The van der Waals surface area contributed by atoms with Gasteiger partial charge in [-0.15, -0.1) is 0 Å². The van der Waals surface area contributed by atoms with Crippen molar-refractivity contribution in [3.05, 3.63) is 35.4 Å². The summed E-state index contributed by atoms with van der Waals surface area (Å²) in [6.07, 6.45) is 10.1. The van der Waals surface area contributed by atoms with Crippen molar-refractivity contribution in [1.82, 2.24) is 0 Å². The zero-order valence-corrected chi connectivity index (χ0v) is 9.41. The second kappa shape index (κ2) is 4.00. The van der Waals surface area contributed by atoms with Gasteiger partial charge in [0.15, 0.2) is 0 Å². The zero-order chi connectivity index (χ0) is 10.1. The minimum atomic E-state index is 0.889. The van der Waals surface area contributed by atoms with Crippen molar-refractivity contribution in [3.63, 3.8) is 0 Å². The molecular weight excluding hydrogens is 180 g/mol. The SMILES string of the molecule is c1ccc2c(c1)CC1CCCCCC2C1. The van der Waals surface area contributed by atoms with Crippen molar-refractivity contribution in [1.29, 1.82) is 0 Å². The Morgan fingerprint density at radius 3 is 2.80 bits per heavy atom. The van der Waals surface area contributed by atoms with Gasteiger partial charge in [0, 0.05) is 0 Å². The molecule has 3 rings (SSSR count). The van der Waals surface area contributed by atoms with Crippen LogP contribution in [0.5, 0.6) is 0 Å². The van der Waals surface area contributed by atoms with Crippen LogP contribution in [0.15, 0.2) is 24.3 Å². The largest absolute Gasteiger partial charge is 0.0620 e. The van der Waals surface area contributed by atoms with E-state index in [4.69, 9.17) is 0 Å². The smallest absolute Gasteiger partial charge is 0.0156 e. The summed E-state index contributed by atoms with van der Waals surface area (Å²) in [4.78, 5) is 0. The van der Waals surface area contributed by atoms with Gasteiger partial charge in [-0.05, 0) is 42.2 Å². The molecule has 1 saturated carbocycles. The number of hydrogen-bond acceptors (Lipinski definition) is 0. The molecule has 0 heterocycles. The monoisotopic (exact) mass is 200 g/mol. The third-order valence-electron chi connectivity index (χ3n) is 4.29. The highest BCUT2D eigenvalue weighted by Crippen LogP contribution is 2.41. The standard InChI is InChI=1S/C15H20/c1-2-6-12-10-13(7-3-1)15-9-5-4-8-14(15)11-12/h4-5,8-9,12-13H,1-3,6-7,10-11H2. The van der Waals surface area contributed by atoms with Gasteiger partial charge < -0.3 is 0 Å². The molecule has 0 saturated heterocycles. The Kier molecular flexibility index (Phi) is 2.52. The van der Waals surface area contributed by atoms with E-state index in [0.29, 0.717) is 0 Å². The van der Waals surface area contributed by atoms with Crippen molar-refractivity contribution in [2.75, 3.05) is 0 Å². The summed E-state index contributed by atoms with van der Waals surface area (Å²) in [5.74, 6) is 1.88. The molecule has 2 bridgehead atoms. The number of benzene rings is 1. The lowest BCUT2D eigenvalue weighted by atomic mass is 9.72. The lowest BCUT2D eigenvalue weighted by Gasteiger charge is -2.33. The molecule has 2 atom stereocenters. The second-order valence-electron chi connectivity index (χ2n) is 5.34. The van der Waals surface area contributed by atoms with Gasteiger partial charge in [0.25, 0.3) is 0 Å². The predicted octanol–water partition coefficient (Wildman–Crippen LogP) is 4.30. The van der Waals surface area contributed by atoms with E-state index in [0.717, 1.165) is 11.8 Å². The van der Waals surface area contributed by atoms with Crippen molar-refractivity contribution in [3.8, 4) is 0 Å². The van der Waals surface area contributed by atoms with E-state index in [2.05, 4.69) is 24.3 Å². The van der Waals surface area contributed by atoms with Crippen LogP contribution < -0.4 is 0 Å². The lowest BCUT2D eigenvalue weighted by Crippen LogP contribution is -2.20. The molecule has 0 nitrogen and oxygen atoms in total. The molecule has 0 heteroatoms. The first-order valence-corrected chi connectivity index (χ1v) is 6.51. The van der Waals surface area contributed by atoms with Gasteiger partial charge in [-0.2, -0.15) is 0 Å². The normalized spacial score (nSPS) is 30.1. The zero-order valence-electron chi connectivity index (χ0n) is 9.41. The van der Waals surface area contributed by atoms with Gasteiger partial charge >= 0.3 is 0 Å². The fraction of sp³-hybridized carbons (Fsp3) is 0.600. The number of fused-ring (bicyclic) bond motifs is 4. The molecule has 2 aliphatic rings. The van der Waals surface area contributed by atoms with Crippen LogP contribution in [-0.4, -0.2) is 0 Å². The molecule has 2 aliphatic carbocycles. The van der Waals surface area contributed by atoms with Crippen LogP contribution in [0.1, 0.15) is 55.6 Å². The van der Waals surface area contributed by atoms with E-state index >= 15 is 0 Å². The van der Waals surface area contributed by atoms with Crippen molar-refractivity contribution in [2.24, 2.45) is 5.92 Å². The summed E-state index contributed by atoms with van der Waals surface area (Å²) in [7, 11) is 0. The molecule has 80 valence electrons. The van der Waals surface area contributed by atoms with Crippen LogP contribution in [0.2, 0.25) is 0 Å². The van der Waals surface area contributed by atoms with Gasteiger partial charge in [-0.25, -0.2) is 0 Å². The maximum Gasteiger partial charge on any atom is -0.0156 e. The summed E-state index contributed by atoms with van der Waals surface area (Å²) in [6, 6.07) is 9.16. The topological polar surface area (TPSA) is 0 Å². The van der Waals surface area contributed by atoms with E-state index in [9.17, 15) is 0 Å². The fourth-order valence-corrected chi connectivity index (χ4v) is 3.54. The highest BCUT2D eigenvalue weighted by atomic mass is 14.3. The Hall–Kier alpha value is -0.780. The molecule has 0 amide bonds. The molecular formula is C15H20. The molecule has 2 unspecified atom stereocenters. The Balaban J connectivity index is 1.95. The fourth-order valence-electron chi connectivity index (χ4n) is 3.54. The minimum Gasteiger partial charge on any atom is -0.0620 e. The molecule has 0 aliphatic heterocycles. The maximum atomic E-state index is 2.37. The van der Waals surface area contributed by atoms with Gasteiger partial charge in [-0.3, -0.25) is 0 Å². The van der Waals surface area contributed by atoms with Crippen LogP contribution >= 0.6 is 0 Å². The summed E-state index contributed by atoms with van der Waals surface area (Å²) < 4.78 is 0. The van der Waals surface area contributed by atoms with E-state index in [1.807, 2.05) is 0 Å². The second-order valence-corrected chi connectivity index (χ2v) is 5.34. The van der Waals surface area contributed by atoms with Crippen LogP contribution in [0, 0.1) is 5.92 Å². The predicted molar refractivity (Wildman–Crippen MR) is 64.1 cm³/mol. The van der Waals surface area contributed by atoms with Crippen molar-refractivity contribution < 1.29 is 0 Å². The van der Waals surface area contributed by atoms with Gasteiger partial charge in [0.05, 0.1) is 0 Å². The van der Waals surface area contributed by atoms with Crippen molar-refractivity contribution in [2.45, 2.75) is 50.9 Å². The number of rotatable bonds is 0. The van der Waals surface area contributed by atoms with E-state index in [1.54, 1.807) is 11.1 Å². The molecule has 15 heavy (non-hydrogen) atoms. The quantitative estimate of drug-likeness (QED) is 0.586. The summed E-state index contributed by atoms with van der Waals surface area (Å²) in [5, 5.41) is 0. The highest BCUT2D eigenvalue weighted by molar-refractivity contribution is 5.33. The Bertz CT molecular complexity index is 340. The molecule has 1 fully saturated rings. The van der Waals surface area contributed by atoms with Gasteiger partial charge in [0.1, 0.15) is 0 Å². The summed E-state index contributed by atoms with van der Waals surface area (Å²) in [5.41, 5.74) is 3.33. The Morgan fingerprint density at radius 2 is 1.80 bits per heavy atom. The first-order valence-electron chi connectivity index (χ1n) is 6.51. The lowest BCUT2D eigenvalue weighted by molar-refractivity contribution is 0.325. The van der Waals surface area contributed by atoms with Crippen LogP contribution in [0.4, 0.5) is 0 Å². The molecule has 0 aromatic heterocycles. The maximum absolute atomic E-state index is 2.37. The van der Waals surface area contributed by atoms with Crippen LogP contribution in [-0.2, 0) is 6.42 Å². The molecule has 1 aromatic carbocycles. The molecule has 0 N–H and O–H groups in total. The average molecular weight is 200 g/mol. The van der Waals surface area contributed by atoms with Crippen LogP contribution in [0.25, 0.3) is 0 Å². The van der Waals surface area contributed by atoms with Crippen LogP contribution in [0.3, 0.4) is 0 Å². The number of hydrogen-bond donors (Lipinski definition) is 0. The first kappa shape index (κ1) is 9.45. The molecule has 0 spiro atoms. The highest BCUT2D eigenvalue weighted by Gasteiger charge is 2.27. The summed E-state index contributed by atoms with van der Waals surface area (Å²) in [6.45, 7) is 0. The molecule has 1 aromatic rings. The van der Waals surface area contributed by atoms with E-state index in [1.165, 1.54) is 44.9 Å². The van der Waals surface area contributed by atoms with Crippen molar-refractivity contribution >= 4 is 0 Å². The van der Waals surface area contributed by atoms with Gasteiger partial charge in [-0.1, -0.05) is 49.9 Å². The minimum absolute atomic E-state index is 0.889. The van der Waals surface area contributed by atoms with E-state index in [-0.39, 0.29) is 0 Å². The summed E-state index contributed by atoms with van der Waals surface area (Å²) >= 11 is 0. The Labute approximate surface area is 92.7 Å². The Morgan fingerprint density at radius 1 is 0.933 bits per heavy atom. The van der Waals surface area contributed by atoms with E-state index < -0.39 is 0 Å².